The highest BCUT2D eigenvalue weighted by Gasteiger charge is 2.45. The van der Waals surface area contributed by atoms with Crippen molar-refractivity contribution < 1.29 is 9.13 Å². The van der Waals surface area contributed by atoms with Crippen LogP contribution >= 0.6 is 0 Å². The molecule has 13 heavy (non-hydrogen) atoms. The number of fused-ring (bicyclic) bond motifs is 2. The van der Waals surface area contributed by atoms with Gasteiger partial charge in [0.05, 0.1) is 12.2 Å². The second-order valence-corrected chi connectivity index (χ2v) is 3.89. The molecule has 0 N–H and O–H groups in total. The first kappa shape index (κ1) is 7.51. The Bertz CT molecular complexity index is 355. The van der Waals surface area contributed by atoms with Crippen molar-refractivity contribution in [3.63, 3.8) is 0 Å². The van der Waals surface area contributed by atoms with E-state index in [1.807, 2.05) is 6.07 Å². The molecular weight excluding hydrogens is 167 g/mol. The van der Waals surface area contributed by atoms with Gasteiger partial charge in [0.25, 0.3) is 0 Å². The fourth-order valence-electron chi connectivity index (χ4n) is 2.42. The maximum atomic E-state index is 13.0. The molecule has 1 aromatic carbocycles. The van der Waals surface area contributed by atoms with Gasteiger partial charge in [0.15, 0.2) is 0 Å². The highest BCUT2D eigenvalue weighted by molar-refractivity contribution is 5.39. The Balaban J connectivity index is 2.14. The Morgan fingerprint density at radius 3 is 2.85 bits per heavy atom. The number of rotatable bonds is 0. The first-order chi connectivity index (χ1) is 6.30. The van der Waals surface area contributed by atoms with Gasteiger partial charge in [0, 0.05) is 6.42 Å². The lowest BCUT2D eigenvalue weighted by Crippen LogP contribution is -2.38. The number of halogens is 1. The van der Waals surface area contributed by atoms with Crippen molar-refractivity contribution in [1.82, 2.24) is 0 Å². The van der Waals surface area contributed by atoms with Gasteiger partial charge in [-0.3, -0.25) is 0 Å². The van der Waals surface area contributed by atoms with E-state index < -0.39 is 0 Å². The van der Waals surface area contributed by atoms with E-state index in [0.717, 1.165) is 31.4 Å². The predicted molar refractivity (Wildman–Crippen MR) is 47.0 cm³/mol. The van der Waals surface area contributed by atoms with E-state index in [9.17, 15) is 4.39 Å². The van der Waals surface area contributed by atoms with Crippen LogP contribution in [0.4, 0.5) is 4.39 Å². The van der Waals surface area contributed by atoms with Gasteiger partial charge >= 0.3 is 0 Å². The molecule has 2 aliphatic rings. The van der Waals surface area contributed by atoms with Gasteiger partial charge in [-0.2, -0.15) is 0 Å². The summed E-state index contributed by atoms with van der Waals surface area (Å²) >= 11 is 0. The molecule has 1 aliphatic heterocycles. The maximum Gasteiger partial charge on any atom is 0.123 e. The van der Waals surface area contributed by atoms with Crippen molar-refractivity contribution in [2.75, 3.05) is 6.61 Å². The largest absolute Gasteiger partial charge is 0.370 e. The number of hydrogen-bond acceptors (Lipinski definition) is 1. The zero-order valence-electron chi connectivity index (χ0n) is 7.35. The van der Waals surface area contributed by atoms with Crippen molar-refractivity contribution in [3.05, 3.63) is 35.1 Å². The second-order valence-electron chi connectivity index (χ2n) is 3.89. The molecule has 68 valence electrons. The molecule has 1 atom stereocenters. The molecule has 1 spiro atoms. The highest BCUT2D eigenvalue weighted by atomic mass is 19.1. The van der Waals surface area contributed by atoms with Crippen LogP contribution in [0.25, 0.3) is 0 Å². The quantitative estimate of drug-likeness (QED) is 0.592. The third kappa shape index (κ3) is 0.894. The van der Waals surface area contributed by atoms with Crippen LogP contribution in [0.15, 0.2) is 18.2 Å². The van der Waals surface area contributed by atoms with Gasteiger partial charge in [-0.1, -0.05) is 6.07 Å². The smallest absolute Gasteiger partial charge is 0.123 e. The van der Waals surface area contributed by atoms with Crippen LogP contribution in [0, 0.1) is 5.82 Å². The molecule has 1 unspecified atom stereocenters. The summed E-state index contributed by atoms with van der Waals surface area (Å²) in [7, 11) is 0. The molecule has 3 rings (SSSR count). The molecule has 0 bridgehead atoms. The van der Waals surface area contributed by atoms with Gasteiger partial charge in [0.1, 0.15) is 5.82 Å². The van der Waals surface area contributed by atoms with E-state index >= 15 is 0 Å². The molecule has 1 heterocycles. The molecule has 0 radical (unpaired) electrons. The van der Waals surface area contributed by atoms with Crippen LogP contribution in [-0.4, -0.2) is 6.61 Å². The van der Waals surface area contributed by atoms with E-state index in [-0.39, 0.29) is 11.4 Å². The monoisotopic (exact) mass is 178 g/mol. The van der Waals surface area contributed by atoms with Crippen LogP contribution < -0.4 is 0 Å². The first-order valence-corrected chi connectivity index (χ1v) is 4.73. The summed E-state index contributed by atoms with van der Waals surface area (Å²) in [5, 5.41) is 0. The first-order valence-electron chi connectivity index (χ1n) is 4.73. The molecule has 1 saturated heterocycles. The molecule has 0 aromatic heterocycles. The summed E-state index contributed by atoms with van der Waals surface area (Å²) in [6.45, 7) is 0.829. The Hall–Kier alpha value is -0.890. The van der Waals surface area contributed by atoms with Crippen LogP contribution in [0.5, 0.6) is 0 Å². The molecule has 1 fully saturated rings. The summed E-state index contributed by atoms with van der Waals surface area (Å²) in [5.74, 6) is -0.143. The van der Waals surface area contributed by atoms with Gasteiger partial charge in [0.2, 0.25) is 0 Å². The lowest BCUT2D eigenvalue weighted by atomic mass is 9.88. The topological polar surface area (TPSA) is 9.23 Å². The fraction of sp³-hybridized carbons (Fsp3) is 0.455. The van der Waals surface area contributed by atoms with E-state index in [2.05, 4.69) is 0 Å². The van der Waals surface area contributed by atoms with E-state index in [1.165, 1.54) is 11.6 Å². The maximum absolute atomic E-state index is 13.0. The van der Waals surface area contributed by atoms with Gasteiger partial charge < -0.3 is 4.74 Å². The Labute approximate surface area is 76.5 Å². The standard InChI is InChI=1S/C11H11FO/c12-9-2-1-8-3-4-11(5-6-13-11)10(8)7-9/h1-2,7H,3-6H2. The predicted octanol–water partition coefficient (Wildman–Crippen LogP) is 2.39. The number of aryl methyl sites for hydroxylation is 1. The zero-order valence-corrected chi connectivity index (χ0v) is 7.35. The molecule has 1 nitrogen and oxygen atoms in total. The Morgan fingerprint density at radius 2 is 2.15 bits per heavy atom. The second kappa shape index (κ2) is 2.32. The van der Waals surface area contributed by atoms with Crippen molar-refractivity contribution in [2.24, 2.45) is 0 Å². The van der Waals surface area contributed by atoms with E-state index in [0.29, 0.717) is 0 Å². The van der Waals surface area contributed by atoms with E-state index in [1.54, 1.807) is 6.07 Å². The summed E-state index contributed by atoms with van der Waals surface area (Å²) in [6, 6.07) is 5.07. The van der Waals surface area contributed by atoms with Crippen LogP contribution in [-0.2, 0) is 16.8 Å². The lowest BCUT2D eigenvalue weighted by Gasteiger charge is -2.39. The molecule has 2 heteroatoms. The SMILES string of the molecule is Fc1ccc2c(c1)C1(CCO1)CC2. The third-order valence-electron chi connectivity index (χ3n) is 3.25. The normalized spacial score (nSPS) is 30.2. The molecule has 0 amide bonds. The van der Waals surface area contributed by atoms with Gasteiger partial charge in [-0.25, -0.2) is 4.39 Å². The third-order valence-corrected chi connectivity index (χ3v) is 3.25. The van der Waals surface area contributed by atoms with Crippen LogP contribution in [0.3, 0.4) is 0 Å². The minimum Gasteiger partial charge on any atom is -0.370 e. The Morgan fingerprint density at radius 1 is 1.31 bits per heavy atom. The Kier molecular flexibility index (Phi) is 1.34. The lowest BCUT2D eigenvalue weighted by molar-refractivity contribution is -0.152. The van der Waals surface area contributed by atoms with Gasteiger partial charge in [-0.05, 0) is 36.1 Å². The molecule has 0 saturated carbocycles. The van der Waals surface area contributed by atoms with Crippen molar-refractivity contribution in [3.8, 4) is 0 Å². The summed E-state index contributed by atoms with van der Waals surface area (Å²) < 4.78 is 18.6. The number of benzene rings is 1. The highest BCUT2D eigenvalue weighted by Crippen LogP contribution is 2.47. The van der Waals surface area contributed by atoms with Gasteiger partial charge in [-0.15, -0.1) is 0 Å². The van der Waals surface area contributed by atoms with Crippen LogP contribution in [0.1, 0.15) is 24.0 Å². The summed E-state index contributed by atoms with van der Waals surface area (Å²) in [5.41, 5.74) is 2.26. The van der Waals surface area contributed by atoms with Crippen molar-refractivity contribution in [2.45, 2.75) is 24.9 Å². The molecular formula is C11H11FO. The van der Waals surface area contributed by atoms with Crippen LogP contribution in [0.2, 0.25) is 0 Å². The zero-order chi connectivity index (χ0) is 8.89. The average molecular weight is 178 g/mol. The average Bonchev–Trinajstić information content (AvgIpc) is 2.41. The number of hydrogen-bond donors (Lipinski definition) is 0. The van der Waals surface area contributed by atoms with Crippen molar-refractivity contribution in [1.29, 1.82) is 0 Å². The fourth-order valence-corrected chi connectivity index (χ4v) is 2.42. The molecule has 1 aromatic rings. The summed E-state index contributed by atoms with van der Waals surface area (Å²) in [4.78, 5) is 0. The summed E-state index contributed by atoms with van der Waals surface area (Å²) in [6.07, 6.45) is 3.13. The van der Waals surface area contributed by atoms with Crippen molar-refractivity contribution >= 4 is 0 Å². The van der Waals surface area contributed by atoms with E-state index in [4.69, 9.17) is 4.74 Å². The molecule has 1 aliphatic carbocycles. The number of ether oxygens (including phenoxy) is 1. The minimum atomic E-state index is -0.143. The minimum absolute atomic E-state index is 0.0998.